The van der Waals surface area contributed by atoms with Crippen LogP contribution in [0.4, 0.5) is 0 Å². The maximum Gasteiger partial charge on any atom is 0.146 e. The van der Waals surface area contributed by atoms with E-state index in [1.807, 2.05) is 19.1 Å². The summed E-state index contributed by atoms with van der Waals surface area (Å²) >= 11 is 6.38. The Balaban J connectivity index is 2.24. The molecule has 20 heavy (non-hydrogen) atoms. The molecule has 1 saturated carbocycles. The molecule has 0 radical (unpaired) electrons. The fourth-order valence-corrected chi connectivity index (χ4v) is 3.57. The van der Waals surface area contributed by atoms with E-state index in [1.54, 1.807) is 7.11 Å². The van der Waals surface area contributed by atoms with Crippen molar-refractivity contribution in [3.63, 3.8) is 0 Å². The minimum atomic E-state index is -0.0973. The van der Waals surface area contributed by atoms with Gasteiger partial charge >= 0.3 is 0 Å². The van der Waals surface area contributed by atoms with Gasteiger partial charge in [-0.1, -0.05) is 19.4 Å². The molecule has 108 valence electrons. The molecule has 1 fully saturated rings. The maximum atomic E-state index is 6.38. The molecule has 3 atom stereocenters. The van der Waals surface area contributed by atoms with Crippen LogP contribution in [0.5, 0.6) is 5.75 Å². The highest BCUT2D eigenvalue weighted by molar-refractivity contribution is 6.20. The van der Waals surface area contributed by atoms with Crippen molar-refractivity contribution in [3.05, 3.63) is 24.0 Å². The largest absolute Gasteiger partial charge is 0.494 e. The lowest BCUT2D eigenvalue weighted by atomic mass is 10.1. The second-order valence-corrected chi connectivity index (χ2v) is 6.41. The quantitative estimate of drug-likeness (QED) is 0.766. The topological polar surface area (TPSA) is 27.1 Å². The van der Waals surface area contributed by atoms with Crippen LogP contribution in [0.1, 0.15) is 50.4 Å². The highest BCUT2D eigenvalue weighted by Crippen LogP contribution is 2.41. The van der Waals surface area contributed by atoms with Gasteiger partial charge in [0.15, 0.2) is 0 Å². The molecular weight excluding hydrogens is 272 g/mol. The Morgan fingerprint density at radius 3 is 2.80 bits per heavy atom. The number of alkyl halides is 1. The first-order valence-electron chi connectivity index (χ1n) is 7.32. The van der Waals surface area contributed by atoms with Crippen LogP contribution >= 0.6 is 11.6 Å². The smallest absolute Gasteiger partial charge is 0.146 e. The van der Waals surface area contributed by atoms with Crippen molar-refractivity contribution in [1.29, 1.82) is 0 Å². The van der Waals surface area contributed by atoms with Gasteiger partial charge in [-0.2, -0.15) is 0 Å². The van der Waals surface area contributed by atoms with Crippen molar-refractivity contribution in [3.8, 4) is 5.75 Å². The highest BCUT2D eigenvalue weighted by atomic mass is 35.5. The Morgan fingerprint density at radius 1 is 1.40 bits per heavy atom. The minimum absolute atomic E-state index is 0.0973. The van der Waals surface area contributed by atoms with Crippen LogP contribution in [-0.2, 0) is 0 Å². The van der Waals surface area contributed by atoms with Gasteiger partial charge in [0.2, 0.25) is 0 Å². The number of hydrogen-bond acceptors (Lipinski definition) is 2. The second kappa shape index (κ2) is 5.28. The molecule has 3 rings (SSSR count). The molecule has 1 aromatic carbocycles. The van der Waals surface area contributed by atoms with Gasteiger partial charge in [-0.25, -0.2) is 4.98 Å². The lowest BCUT2D eigenvalue weighted by molar-refractivity contribution is 0.405. The van der Waals surface area contributed by atoms with E-state index < -0.39 is 0 Å². The molecule has 0 bridgehead atoms. The number of nitrogens with zero attached hydrogens (tertiary/aromatic N) is 2. The van der Waals surface area contributed by atoms with E-state index in [4.69, 9.17) is 21.3 Å². The van der Waals surface area contributed by atoms with Crippen molar-refractivity contribution in [2.75, 3.05) is 7.11 Å². The van der Waals surface area contributed by atoms with Crippen LogP contribution in [0.15, 0.2) is 18.2 Å². The van der Waals surface area contributed by atoms with Crippen LogP contribution in [0, 0.1) is 5.92 Å². The summed E-state index contributed by atoms with van der Waals surface area (Å²) < 4.78 is 7.80. The first-order valence-corrected chi connectivity index (χ1v) is 7.76. The van der Waals surface area contributed by atoms with Gasteiger partial charge in [-0.15, -0.1) is 11.6 Å². The Bertz CT molecular complexity index is 620. The highest BCUT2D eigenvalue weighted by Gasteiger charge is 2.30. The number of benzene rings is 1. The van der Waals surface area contributed by atoms with Crippen LogP contribution in [0.25, 0.3) is 11.0 Å². The third-order valence-corrected chi connectivity index (χ3v) is 4.63. The van der Waals surface area contributed by atoms with Crippen molar-refractivity contribution in [2.45, 2.75) is 44.5 Å². The van der Waals surface area contributed by atoms with E-state index in [0.717, 1.165) is 22.6 Å². The number of fused-ring (bicyclic) bond motifs is 1. The molecule has 3 unspecified atom stereocenters. The van der Waals surface area contributed by atoms with Crippen molar-refractivity contribution in [1.82, 2.24) is 9.55 Å². The molecule has 0 N–H and O–H groups in total. The molecule has 2 aromatic rings. The van der Waals surface area contributed by atoms with E-state index in [0.29, 0.717) is 12.0 Å². The Labute approximate surface area is 124 Å². The molecule has 1 aromatic heterocycles. The van der Waals surface area contributed by atoms with Gasteiger partial charge < -0.3 is 9.30 Å². The lowest BCUT2D eigenvalue weighted by Gasteiger charge is -2.21. The molecule has 0 aliphatic heterocycles. The molecule has 0 amide bonds. The number of aromatic nitrogens is 2. The summed E-state index contributed by atoms with van der Waals surface area (Å²) in [5.41, 5.74) is 2.07. The summed E-state index contributed by atoms with van der Waals surface area (Å²) in [6.07, 6.45) is 3.77. The monoisotopic (exact) mass is 292 g/mol. The average Bonchev–Trinajstić information content (AvgIpc) is 3.01. The summed E-state index contributed by atoms with van der Waals surface area (Å²) in [5, 5.41) is -0.0973. The SMILES string of the molecule is COc1cccc2c1nc(C(C)Cl)n2C1CCCC1C. The average molecular weight is 293 g/mol. The third kappa shape index (κ3) is 2.08. The molecule has 1 heterocycles. The van der Waals surface area contributed by atoms with Gasteiger partial charge in [0.1, 0.15) is 17.1 Å². The predicted molar refractivity (Wildman–Crippen MR) is 82.6 cm³/mol. The first-order chi connectivity index (χ1) is 9.63. The summed E-state index contributed by atoms with van der Waals surface area (Å²) in [4.78, 5) is 4.77. The number of ether oxygens (including phenoxy) is 1. The fourth-order valence-electron chi connectivity index (χ4n) is 3.41. The summed E-state index contributed by atoms with van der Waals surface area (Å²) in [6.45, 7) is 4.32. The number of hydrogen-bond donors (Lipinski definition) is 0. The third-order valence-electron chi connectivity index (χ3n) is 4.43. The maximum absolute atomic E-state index is 6.38. The number of halogens is 1. The molecule has 4 heteroatoms. The zero-order chi connectivity index (χ0) is 14.3. The van der Waals surface area contributed by atoms with E-state index in [-0.39, 0.29) is 5.38 Å². The molecule has 0 saturated heterocycles. The zero-order valence-corrected chi connectivity index (χ0v) is 13.0. The van der Waals surface area contributed by atoms with Crippen LogP contribution < -0.4 is 4.74 Å². The lowest BCUT2D eigenvalue weighted by Crippen LogP contribution is -2.15. The molecule has 1 aliphatic rings. The zero-order valence-electron chi connectivity index (χ0n) is 12.3. The Kier molecular flexibility index (Phi) is 3.63. The summed E-state index contributed by atoms with van der Waals surface area (Å²) in [5.74, 6) is 2.46. The summed E-state index contributed by atoms with van der Waals surface area (Å²) in [6, 6.07) is 6.61. The second-order valence-electron chi connectivity index (χ2n) is 5.76. The fraction of sp³-hybridized carbons (Fsp3) is 0.562. The number of methoxy groups -OCH3 is 1. The molecule has 0 spiro atoms. The molecule has 1 aliphatic carbocycles. The Morgan fingerprint density at radius 2 is 2.20 bits per heavy atom. The van der Waals surface area contributed by atoms with Gasteiger partial charge in [0.05, 0.1) is 18.0 Å². The van der Waals surface area contributed by atoms with E-state index in [2.05, 4.69) is 17.6 Å². The van der Waals surface area contributed by atoms with Crippen LogP contribution in [0.2, 0.25) is 0 Å². The normalized spacial score (nSPS) is 24.2. The predicted octanol–water partition coefficient (Wildman–Crippen LogP) is 4.71. The van der Waals surface area contributed by atoms with Gasteiger partial charge in [0.25, 0.3) is 0 Å². The molecule has 3 nitrogen and oxygen atoms in total. The van der Waals surface area contributed by atoms with Crippen molar-refractivity contribution < 1.29 is 4.74 Å². The van der Waals surface area contributed by atoms with E-state index in [1.165, 1.54) is 19.3 Å². The number of imidazole rings is 1. The van der Waals surface area contributed by atoms with Crippen LogP contribution in [-0.4, -0.2) is 16.7 Å². The standard InChI is InChI=1S/C16H21ClN2O/c1-10-6-4-7-12(10)19-13-8-5-9-14(20-3)15(13)18-16(19)11(2)17/h5,8-12H,4,6-7H2,1-3H3. The Hall–Kier alpha value is -1.22. The van der Waals surface area contributed by atoms with Gasteiger partial charge in [-0.3, -0.25) is 0 Å². The first kappa shape index (κ1) is 13.7. The number of para-hydroxylation sites is 1. The molecular formula is C16H21ClN2O. The van der Waals surface area contributed by atoms with E-state index in [9.17, 15) is 0 Å². The van der Waals surface area contributed by atoms with Gasteiger partial charge in [-0.05, 0) is 37.8 Å². The van der Waals surface area contributed by atoms with Gasteiger partial charge in [0, 0.05) is 6.04 Å². The van der Waals surface area contributed by atoms with E-state index >= 15 is 0 Å². The number of rotatable bonds is 3. The summed E-state index contributed by atoms with van der Waals surface area (Å²) in [7, 11) is 1.69. The van der Waals surface area contributed by atoms with Crippen molar-refractivity contribution >= 4 is 22.6 Å². The van der Waals surface area contributed by atoms with Crippen LogP contribution in [0.3, 0.4) is 0 Å². The minimum Gasteiger partial charge on any atom is -0.494 e. The van der Waals surface area contributed by atoms with Crippen molar-refractivity contribution in [2.24, 2.45) is 5.92 Å².